The molecule has 2 atom stereocenters. The van der Waals surface area contributed by atoms with Gasteiger partial charge in [-0.2, -0.15) is 0 Å². The molecule has 34 heavy (non-hydrogen) atoms. The minimum Gasteiger partial charge on any atom is -0.352 e. The van der Waals surface area contributed by atoms with Gasteiger partial charge in [0.2, 0.25) is 21.8 Å². The van der Waals surface area contributed by atoms with Crippen molar-refractivity contribution in [3.8, 4) is 0 Å². The number of sulfonamides is 1. The van der Waals surface area contributed by atoms with Crippen LogP contribution in [0.2, 0.25) is 0 Å². The highest BCUT2D eigenvalue weighted by Crippen LogP contribution is 2.25. The van der Waals surface area contributed by atoms with E-state index < -0.39 is 22.0 Å². The van der Waals surface area contributed by atoms with E-state index in [0.717, 1.165) is 33.7 Å². The number of hydrogen-bond donors (Lipinski definition) is 1. The molecule has 0 aromatic heterocycles. The number of rotatable bonds is 11. The maximum Gasteiger partial charge on any atom is 0.244 e. The van der Waals surface area contributed by atoms with E-state index in [-0.39, 0.29) is 18.5 Å². The Morgan fingerprint density at radius 2 is 1.65 bits per heavy atom. The van der Waals surface area contributed by atoms with Gasteiger partial charge in [0, 0.05) is 12.6 Å². The van der Waals surface area contributed by atoms with Crippen LogP contribution >= 0.6 is 0 Å². The van der Waals surface area contributed by atoms with E-state index in [1.165, 1.54) is 4.90 Å². The SMILES string of the molecule is CC[C@H](C)NC(=O)[C@H](C)N(CCc1ccccc1)C(=O)CN(c1cccc(C)c1C)S(C)(=O)=O. The zero-order valence-corrected chi connectivity index (χ0v) is 21.9. The van der Waals surface area contributed by atoms with Crippen molar-refractivity contribution in [2.45, 2.75) is 59.5 Å². The lowest BCUT2D eigenvalue weighted by Gasteiger charge is -2.32. The Kier molecular flexibility index (Phi) is 9.67. The second-order valence-corrected chi connectivity index (χ2v) is 10.7. The number of carbonyl (C=O) groups excluding carboxylic acids is 2. The molecule has 2 amide bonds. The molecule has 0 saturated heterocycles. The van der Waals surface area contributed by atoms with Crippen LogP contribution < -0.4 is 9.62 Å². The Morgan fingerprint density at radius 3 is 2.24 bits per heavy atom. The zero-order chi connectivity index (χ0) is 25.5. The summed E-state index contributed by atoms with van der Waals surface area (Å²) in [7, 11) is -3.74. The summed E-state index contributed by atoms with van der Waals surface area (Å²) in [6.07, 6.45) is 2.41. The number of amides is 2. The van der Waals surface area contributed by atoms with Gasteiger partial charge in [0.25, 0.3) is 0 Å². The van der Waals surface area contributed by atoms with Crippen LogP contribution in [0.4, 0.5) is 5.69 Å². The van der Waals surface area contributed by atoms with Gasteiger partial charge in [-0.3, -0.25) is 13.9 Å². The van der Waals surface area contributed by atoms with Crippen molar-refractivity contribution >= 4 is 27.5 Å². The summed E-state index contributed by atoms with van der Waals surface area (Å²) in [5.74, 6) is -0.678. The van der Waals surface area contributed by atoms with E-state index in [1.54, 1.807) is 19.1 Å². The topological polar surface area (TPSA) is 86.8 Å². The normalized spacial score (nSPS) is 13.1. The minimum atomic E-state index is -3.74. The summed E-state index contributed by atoms with van der Waals surface area (Å²) in [5.41, 5.74) is 3.22. The minimum absolute atomic E-state index is 0.0245. The van der Waals surface area contributed by atoms with Crippen LogP contribution in [0.5, 0.6) is 0 Å². The lowest BCUT2D eigenvalue weighted by molar-refractivity contribution is -0.139. The van der Waals surface area contributed by atoms with Crippen LogP contribution in [0.1, 0.15) is 43.9 Å². The molecular formula is C26H37N3O4S. The Hall–Kier alpha value is -2.87. The van der Waals surface area contributed by atoms with Gasteiger partial charge in [0.05, 0.1) is 11.9 Å². The number of nitrogens with one attached hydrogen (secondary N) is 1. The van der Waals surface area contributed by atoms with Crippen LogP contribution in [-0.4, -0.2) is 56.6 Å². The van der Waals surface area contributed by atoms with Crippen LogP contribution in [-0.2, 0) is 26.0 Å². The van der Waals surface area contributed by atoms with E-state index in [2.05, 4.69) is 5.32 Å². The summed E-state index contributed by atoms with van der Waals surface area (Å²) in [6, 6.07) is 14.3. The maximum atomic E-state index is 13.5. The molecule has 0 spiro atoms. The quantitative estimate of drug-likeness (QED) is 0.526. The van der Waals surface area contributed by atoms with Gasteiger partial charge >= 0.3 is 0 Å². The van der Waals surface area contributed by atoms with Crippen molar-refractivity contribution in [1.29, 1.82) is 0 Å². The van der Waals surface area contributed by atoms with Crippen LogP contribution in [0.3, 0.4) is 0 Å². The highest BCUT2D eigenvalue weighted by molar-refractivity contribution is 7.92. The third-order valence-electron chi connectivity index (χ3n) is 6.18. The number of aryl methyl sites for hydroxylation is 1. The van der Waals surface area contributed by atoms with Crippen molar-refractivity contribution < 1.29 is 18.0 Å². The number of benzene rings is 2. The maximum absolute atomic E-state index is 13.5. The second kappa shape index (κ2) is 12.0. The van der Waals surface area contributed by atoms with Crippen LogP contribution in [0.25, 0.3) is 0 Å². The fourth-order valence-corrected chi connectivity index (χ4v) is 4.54. The van der Waals surface area contributed by atoms with Gasteiger partial charge in [-0.15, -0.1) is 0 Å². The standard InChI is InChI=1S/C26H37N3O4S/c1-7-20(3)27-26(31)22(5)28(17-16-23-13-9-8-10-14-23)25(30)18-29(34(6,32)33)24-15-11-12-19(2)21(24)4/h8-15,20,22H,7,16-18H2,1-6H3,(H,27,31)/t20-,22-/m0/s1. The van der Waals surface area contributed by atoms with Gasteiger partial charge in [0.15, 0.2) is 0 Å². The Balaban J connectivity index is 2.35. The van der Waals surface area contributed by atoms with E-state index in [0.29, 0.717) is 18.7 Å². The first kappa shape index (κ1) is 27.4. The molecule has 0 radical (unpaired) electrons. The molecule has 7 nitrogen and oxygen atoms in total. The van der Waals surface area contributed by atoms with Gasteiger partial charge in [-0.25, -0.2) is 8.42 Å². The number of anilines is 1. The van der Waals surface area contributed by atoms with Crippen LogP contribution in [0, 0.1) is 13.8 Å². The Morgan fingerprint density at radius 1 is 1.00 bits per heavy atom. The van der Waals surface area contributed by atoms with E-state index in [1.807, 2.05) is 64.1 Å². The molecule has 0 saturated carbocycles. The molecule has 0 aliphatic carbocycles. The zero-order valence-electron chi connectivity index (χ0n) is 21.0. The number of nitrogens with zero attached hydrogens (tertiary/aromatic N) is 2. The number of hydrogen-bond acceptors (Lipinski definition) is 4. The lowest BCUT2D eigenvalue weighted by Crippen LogP contribution is -2.53. The van der Waals surface area contributed by atoms with Crippen molar-refractivity contribution in [1.82, 2.24) is 10.2 Å². The Labute approximate surface area is 204 Å². The molecule has 2 rings (SSSR count). The fourth-order valence-electron chi connectivity index (χ4n) is 3.64. The predicted molar refractivity (Wildman–Crippen MR) is 137 cm³/mol. The lowest BCUT2D eigenvalue weighted by atomic mass is 10.1. The molecular weight excluding hydrogens is 450 g/mol. The molecule has 0 heterocycles. The molecule has 0 unspecified atom stereocenters. The highest BCUT2D eigenvalue weighted by atomic mass is 32.2. The van der Waals surface area contributed by atoms with Crippen LogP contribution in [0.15, 0.2) is 48.5 Å². The van der Waals surface area contributed by atoms with Crippen molar-refractivity contribution in [2.24, 2.45) is 0 Å². The molecule has 0 fully saturated rings. The third-order valence-corrected chi connectivity index (χ3v) is 7.30. The smallest absolute Gasteiger partial charge is 0.244 e. The summed E-state index contributed by atoms with van der Waals surface area (Å²) in [6.45, 7) is 9.22. The monoisotopic (exact) mass is 487 g/mol. The highest BCUT2D eigenvalue weighted by Gasteiger charge is 2.30. The van der Waals surface area contributed by atoms with Gasteiger partial charge in [0.1, 0.15) is 12.6 Å². The average Bonchev–Trinajstić information content (AvgIpc) is 2.79. The summed E-state index contributed by atoms with van der Waals surface area (Å²) < 4.78 is 26.5. The van der Waals surface area contributed by atoms with Gasteiger partial charge < -0.3 is 10.2 Å². The largest absolute Gasteiger partial charge is 0.352 e. The Bertz CT molecular complexity index is 1090. The first-order valence-corrected chi connectivity index (χ1v) is 13.5. The summed E-state index contributed by atoms with van der Waals surface area (Å²) in [5, 5.41) is 2.93. The molecule has 0 aliphatic rings. The summed E-state index contributed by atoms with van der Waals surface area (Å²) >= 11 is 0. The van der Waals surface area contributed by atoms with E-state index in [9.17, 15) is 18.0 Å². The predicted octanol–water partition coefficient (Wildman–Crippen LogP) is 3.44. The molecule has 1 N–H and O–H groups in total. The third kappa shape index (κ3) is 7.32. The van der Waals surface area contributed by atoms with Crippen molar-refractivity contribution in [3.63, 3.8) is 0 Å². The van der Waals surface area contributed by atoms with Crippen molar-refractivity contribution in [2.75, 3.05) is 23.7 Å². The molecule has 8 heteroatoms. The molecule has 186 valence electrons. The molecule has 0 aliphatic heterocycles. The fraction of sp³-hybridized carbons (Fsp3) is 0.462. The molecule has 2 aromatic carbocycles. The summed E-state index contributed by atoms with van der Waals surface area (Å²) in [4.78, 5) is 27.9. The first-order chi connectivity index (χ1) is 16.0. The van der Waals surface area contributed by atoms with Gasteiger partial charge in [-0.1, -0.05) is 49.4 Å². The number of carbonyl (C=O) groups is 2. The average molecular weight is 488 g/mol. The van der Waals surface area contributed by atoms with Crippen molar-refractivity contribution in [3.05, 3.63) is 65.2 Å². The van der Waals surface area contributed by atoms with E-state index >= 15 is 0 Å². The first-order valence-electron chi connectivity index (χ1n) is 11.6. The molecule has 0 bridgehead atoms. The second-order valence-electron chi connectivity index (χ2n) is 8.81. The van der Waals surface area contributed by atoms with Gasteiger partial charge in [-0.05, 0) is 63.3 Å². The van der Waals surface area contributed by atoms with E-state index in [4.69, 9.17) is 0 Å². The molecule has 2 aromatic rings.